The van der Waals surface area contributed by atoms with Crippen molar-refractivity contribution in [2.24, 2.45) is 11.3 Å². The Morgan fingerprint density at radius 1 is 1.39 bits per heavy atom. The van der Waals surface area contributed by atoms with Gasteiger partial charge in [-0.3, -0.25) is 4.79 Å². The van der Waals surface area contributed by atoms with Crippen LogP contribution in [0.15, 0.2) is 23.8 Å². The topological polar surface area (TPSA) is 52.9 Å². The Kier molecular flexibility index (Phi) is 6.40. The first kappa shape index (κ1) is 16.4. The molecular formula is C15H24N2O. The molecule has 0 bridgehead atoms. The van der Waals surface area contributed by atoms with Crippen molar-refractivity contribution >= 4 is 5.91 Å². The van der Waals surface area contributed by atoms with Gasteiger partial charge in [0.25, 0.3) is 0 Å². The summed E-state index contributed by atoms with van der Waals surface area (Å²) in [4.78, 5) is 12.1. The summed E-state index contributed by atoms with van der Waals surface area (Å²) in [6.07, 6.45) is 5.40. The molecule has 2 unspecified atom stereocenters. The first-order chi connectivity index (χ1) is 8.26. The Morgan fingerprint density at radius 3 is 2.33 bits per heavy atom. The Morgan fingerprint density at radius 2 is 1.94 bits per heavy atom. The number of amides is 1. The molecule has 0 aliphatic heterocycles. The van der Waals surface area contributed by atoms with E-state index >= 15 is 0 Å². The lowest BCUT2D eigenvalue weighted by molar-refractivity contribution is -0.126. The smallest absolute Gasteiger partial charge is 0.244 e. The zero-order valence-corrected chi connectivity index (χ0v) is 12.2. The van der Waals surface area contributed by atoms with E-state index in [1.54, 1.807) is 13.0 Å². The van der Waals surface area contributed by atoms with Crippen LogP contribution in [0.3, 0.4) is 0 Å². The van der Waals surface area contributed by atoms with Gasteiger partial charge in [-0.2, -0.15) is 5.26 Å². The fourth-order valence-electron chi connectivity index (χ4n) is 1.08. The third-order valence-electron chi connectivity index (χ3n) is 3.20. The lowest BCUT2D eigenvalue weighted by Crippen LogP contribution is -2.43. The van der Waals surface area contributed by atoms with E-state index in [0.29, 0.717) is 5.92 Å². The highest BCUT2D eigenvalue weighted by molar-refractivity contribution is 5.87. The van der Waals surface area contributed by atoms with E-state index < -0.39 is 5.41 Å². The molecule has 0 heterocycles. The third-order valence-corrected chi connectivity index (χ3v) is 3.20. The predicted octanol–water partition coefficient (Wildman–Crippen LogP) is 3.20. The highest BCUT2D eigenvalue weighted by Gasteiger charge is 2.31. The van der Waals surface area contributed by atoms with Crippen molar-refractivity contribution in [3.63, 3.8) is 0 Å². The summed E-state index contributed by atoms with van der Waals surface area (Å²) in [5.41, 5.74) is -0.0888. The highest BCUT2D eigenvalue weighted by atomic mass is 16.2. The van der Waals surface area contributed by atoms with Crippen LogP contribution in [0.4, 0.5) is 0 Å². The van der Waals surface area contributed by atoms with Gasteiger partial charge in [0.2, 0.25) is 5.91 Å². The normalized spacial score (nSPS) is 17.3. The van der Waals surface area contributed by atoms with Crippen LogP contribution in [0, 0.1) is 22.7 Å². The van der Waals surface area contributed by atoms with Crippen LogP contribution >= 0.6 is 0 Å². The molecule has 3 heteroatoms. The van der Waals surface area contributed by atoms with Crippen LogP contribution in [0.5, 0.6) is 0 Å². The maximum absolute atomic E-state index is 12.1. The van der Waals surface area contributed by atoms with Crippen LogP contribution in [0.25, 0.3) is 0 Å². The second-order valence-electron chi connectivity index (χ2n) is 5.19. The van der Waals surface area contributed by atoms with Gasteiger partial charge in [-0.05, 0) is 33.6 Å². The minimum absolute atomic E-state index is 0.0568. The second kappa shape index (κ2) is 7.00. The molecule has 0 aromatic rings. The highest BCUT2D eigenvalue weighted by Crippen LogP contribution is 2.19. The van der Waals surface area contributed by atoms with E-state index in [1.807, 2.05) is 46.8 Å². The van der Waals surface area contributed by atoms with Gasteiger partial charge in [-0.15, -0.1) is 0 Å². The molecule has 0 saturated heterocycles. The van der Waals surface area contributed by atoms with Crippen molar-refractivity contribution in [1.29, 1.82) is 5.26 Å². The minimum atomic E-state index is -1.12. The summed E-state index contributed by atoms with van der Waals surface area (Å²) in [6.45, 7) is 11.5. The van der Waals surface area contributed by atoms with Gasteiger partial charge >= 0.3 is 0 Å². The molecular weight excluding hydrogens is 224 g/mol. The van der Waals surface area contributed by atoms with Gasteiger partial charge < -0.3 is 5.32 Å². The quantitative estimate of drug-likeness (QED) is 0.760. The van der Waals surface area contributed by atoms with Gasteiger partial charge in [0.15, 0.2) is 5.41 Å². The Labute approximate surface area is 111 Å². The molecule has 3 nitrogen and oxygen atoms in total. The first-order valence-electron chi connectivity index (χ1n) is 6.31. The van der Waals surface area contributed by atoms with Gasteiger partial charge in [0.05, 0.1) is 6.07 Å². The number of nitriles is 1. The molecule has 0 aliphatic carbocycles. The van der Waals surface area contributed by atoms with E-state index in [1.165, 1.54) is 0 Å². The zero-order chi connectivity index (χ0) is 14.3. The van der Waals surface area contributed by atoms with Crippen LogP contribution in [-0.2, 0) is 4.79 Å². The first-order valence-corrected chi connectivity index (χ1v) is 6.31. The van der Waals surface area contributed by atoms with Gasteiger partial charge in [0.1, 0.15) is 0 Å². The van der Waals surface area contributed by atoms with Crippen LogP contribution < -0.4 is 5.32 Å². The van der Waals surface area contributed by atoms with Crippen molar-refractivity contribution in [2.75, 3.05) is 0 Å². The Bertz CT molecular complexity index is 388. The molecule has 0 aliphatic rings. The largest absolute Gasteiger partial charge is 0.352 e. The molecule has 0 radical (unpaired) electrons. The number of nitrogens with one attached hydrogen (secondary N) is 1. The summed E-state index contributed by atoms with van der Waals surface area (Å²) in [5, 5.41) is 12.1. The number of carbonyl (C=O) groups is 1. The average molecular weight is 248 g/mol. The molecule has 0 fully saturated rings. The molecule has 100 valence electrons. The fraction of sp³-hybridized carbons (Fsp3) is 0.600. The van der Waals surface area contributed by atoms with E-state index in [4.69, 9.17) is 0 Å². The van der Waals surface area contributed by atoms with Gasteiger partial charge in [-0.1, -0.05) is 37.6 Å². The summed E-state index contributed by atoms with van der Waals surface area (Å²) >= 11 is 0. The third kappa shape index (κ3) is 4.75. The summed E-state index contributed by atoms with van der Waals surface area (Å²) in [5.74, 6) is 0.101. The van der Waals surface area contributed by atoms with Crippen LogP contribution in [0.2, 0.25) is 0 Å². The molecule has 0 rings (SSSR count). The molecule has 0 aromatic heterocycles. The lowest BCUT2D eigenvalue weighted by atomic mass is 9.89. The lowest BCUT2D eigenvalue weighted by Gasteiger charge is -2.23. The number of nitrogens with zero attached hydrogens (tertiary/aromatic N) is 1. The Balaban J connectivity index is 4.91. The summed E-state index contributed by atoms with van der Waals surface area (Å²) in [7, 11) is 0. The number of allylic oxidation sites excluding steroid dienone is 3. The molecule has 2 atom stereocenters. The summed E-state index contributed by atoms with van der Waals surface area (Å²) < 4.78 is 0. The standard InChI is InChI=1S/C15H24N2O/c1-7-12(4)8-9-15(6,10-16)14(18)17-13(5)11(2)3/h7-9,11,13H,1-6H3,(H,17,18). The average Bonchev–Trinajstić information content (AvgIpc) is 2.34. The summed E-state index contributed by atoms with van der Waals surface area (Å²) in [6, 6.07) is 2.13. The number of hydrogen-bond donors (Lipinski definition) is 1. The van der Waals surface area contributed by atoms with E-state index in [2.05, 4.69) is 11.4 Å². The minimum Gasteiger partial charge on any atom is -0.352 e. The molecule has 0 aromatic carbocycles. The van der Waals surface area contributed by atoms with E-state index in [9.17, 15) is 10.1 Å². The maximum Gasteiger partial charge on any atom is 0.244 e. The van der Waals surface area contributed by atoms with Crippen LogP contribution in [0.1, 0.15) is 41.5 Å². The number of carbonyl (C=O) groups excluding carboxylic acids is 1. The monoisotopic (exact) mass is 248 g/mol. The van der Waals surface area contributed by atoms with E-state index in [-0.39, 0.29) is 11.9 Å². The van der Waals surface area contributed by atoms with E-state index in [0.717, 1.165) is 5.57 Å². The SMILES string of the molecule is CC=C(C)C=CC(C)(C#N)C(=O)NC(C)C(C)C. The molecule has 0 spiro atoms. The van der Waals surface area contributed by atoms with Crippen molar-refractivity contribution in [1.82, 2.24) is 5.32 Å². The van der Waals surface area contributed by atoms with Crippen molar-refractivity contribution in [3.8, 4) is 6.07 Å². The van der Waals surface area contributed by atoms with Gasteiger partial charge in [-0.25, -0.2) is 0 Å². The number of hydrogen-bond acceptors (Lipinski definition) is 2. The molecule has 1 N–H and O–H groups in total. The molecule has 0 saturated carbocycles. The maximum atomic E-state index is 12.1. The molecule has 1 amide bonds. The fourth-order valence-corrected chi connectivity index (χ4v) is 1.08. The second-order valence-corrected chi connectivity index (χ2v) is 5.19. The van der Waals surface area contributed by atoms with Crippen molar-refractivity contribution in [3.05, 3.63) is 23.8 Å². The zero-order valence-electron chi connectivity index (χ0n) is 12.2. The van der Waals surface area contributed by atoms with Crippen LogP contribution in [-0.4, -0.2) is 11.9 Å². The Hall–Kier alpha value is -1.56. The van der Waals surface area contributed by atoms with Crippen molar-refractivity contribution < 1.29 is 4.79 Å². The van der Waals surface area contributed by atoms with Gasteiger partial charge in [0, 0.05) is 6.04 Å². The predicted molar refractivity (Wildman–Crippen MR) is 74.7 cm³/mol. The van der Waals surface area contributed by atoms with Crippen molar-refractivity contribution in [2.45, 2.75) is 47.6 Å². The number of rotatable bonds is 5. The molecule has 18 heavy (non-hydrogen) atoms.